The first-order valence-electron chi connectivity index (χ1n) is 7.72. The number of hydrogen-bond acceptors (Lipinski definition) is 5. The van der Waals surface area contributed by atoms with Crippen LogP contribution in [-0.2, 0) is 10.5 Å². The lowest BCUT2D eigenvalue weighted by atomic mass is 10.2. The van der Waals surface area contributed by atoms with Crippen molar-refractivity contribution in [2.75, 3.05) is 24.7 Å². The normalized spacial score (nSPS) is 23.7. The predicted octanol–water partition coefficient (Wildman–Crippen LogP) is 3.53. The van der Waals surface area contributed by atoms with Gasteiger partial charge in [0, 0.05) is 23.6 Å². The minimum atomic E-state index is 0.333. The van der Waals surface area contributed by atoms with Crippen molar-refractivity contribution in [3.63, 3.8) is 0 Å². The molecule has 1 aromatic heterocycles. The minimum Gasteiger partial charge on any atom is -0.377 e. The summed E-state index contributed by atoms with van der Waals surface area (Å²) in [4.78, 5) is 11.1. The quantitative estimate of drug-likeness (QED) is 0.791. The summed E-state index contributed by atoms with van der Waals surface area (Å²) in [6.45, 7) is 4.51. The van der Waals surface area contributed by atoms with Gasteiger partial charge < -0.3 is 9.64 Å². The number of hydrogen-bond donors (Lipinski definition) is 0. The van der Waals surface area contributed by atoms with Gasteiger partial charge in [-0.15, -0.1) is 0 Å². The Kier molecular flexibility index (Phi) is 5.24. The number of halogens is 1. The van der Waals surface area contributed by atoms with Crippen LogP contribution in [0.3, 0.4) is 0 Å². The monoisotopic (exact) mass is 327 g/mol. The van der Waals surface area contributed by atoms with Crippen molar-refractivity contribution >= 4 is 29.2 Å². The fourth-order valence-electron chi connectivity index (χ4n) is 3.00. The molecule has 3 rings (SSSR count). The van der Waals surface area contributed by atoms with E-state index in [1.807, 2.05) is 11.8 Å². The summed E-state index contributed by atoms with van der Waals surface area (Å²) >= 11 is 8.13. The van der Waals surface area contributed by atoms with E-state index in [9.17, 15) is 0 Å². The molecule has 0 amide bonds. The van der Waals surface area contributed by atoms with E-state index in [4.69, 9.17) is 16.3 Å². The largest absolute Gasteiger partial charge is 0.377 e. The van der Waals surface area contributed by atoms with E-state index < -0.39 is 0 Å². The summed E-state index contributed by atoms with van der Waals surface area (Å²) in [5.41, 5.74) is 1.04. The van der Waals surface area contributed by atoms with E-state index in [1.165, 1.54) is 25.7 Å². The van der Waals surface area contributed by atoms with Gasteiger partial charge >= 0.3 is 0 Å². The van der Waals surface area contributed by atoms with E-state index in [1.54, 1.807) is 0 Å². The first kappa shape index (κ1) is 15.4. The Balaban J connectivity index is 1.69. The van der Waals surface area contributed by atoms with Gasteiger partial charge in [0.25, 0.3) is 0 Å². The molecule has 0 bridgehead atoms. The molecular weight excluding hydrogens is 306 g/mol. The first-order chi connectivity index (χ1) is 10.2. The molecule has 1 aromatic rings. The number of morpholine rings is 1. The molecule has 2 heterocycles. The van der Waals surface area contributed by atoms with Gasteiger partial charge in [0.2, 0.25) is 5.28 Å². The van der Waals surface area contributed by atoms with Gasteiger partial charge in [-0.05, 0) is 31.4 Å². The molecule has 0 spiro atoms. The third-order valence-corrected chi connectivity index (χ3v) is 5.74. The third-order valence-electron chi connectivity index (χ3n) is 4.17. The van der Waals surface area contributed by atoms with Crippen LogP contribution in [0.25, 0.3) is 0 Å². The molecule has 2 aliphatic rings. The van der Waals surface area contributed by atoms with Gasteiger partial charge in [-0.1, -0.05) is 12.8 Å². The molecule has 6 heteroatoms. The molecule has 1 atom stereocenters. The van der Waals surface area contributed by atoms with Crippen molar-refractivity contribution in [3.8, 4) is 0 Å². The van der Waals surface area contributed by atoms with Crippen LogP contribution in [0.15, 0.2) is 6.07 Å². The molecule has 1 saturated carbocycles. The molecule has 0 radical (unpaired) electrons. The lowest BCUT2D eigenvalue weighted by molar-refractivity contribution is 0.0985. The number of anilines is 1. The molecule has 2 fully saturated rings. The Hall–Kier alpha value is -0.520. The highest BCUT2D eigenvalue weighted by atomic mass is 35.5. The summed E-state index contributed by atoms with van der Waals surface area (Å²) in [6.07, 6.45) is 5.44. The fraction of sp³-hybridized carbons (Fsp3) is 0.733. The topological polar surface area (TPSA) is 38.2 Å². The summed E-state index contributed by atoms with van der Waals surface area (Å²) < 4.78 is 5.49. The summed E-state index contributed by atoms with van der Waals surface area (Å²) in [5, 5.41) is 1.15. The van der Waals surface area contributed by atoms with Gasteiger partial charge in [0.1, 0.15) is 5.82 Å². The zero-order valence-corrected chi connectivity index (χ0v) is 14.0. The standard InChI is InChI=1S/C15H22ClN3OS/c1-11-9-20-7-6-19(11)14-8-12(17-15(16)18-14)10-21-13-4-2-3-5-13/h8,11,13H,2-7,9-10H2,1H3/t11-/m0/s1. The van der Waals surface area contributed by atoms with Crippen molar-refractivity contribution in [2.24, 2.45) is 0 Å². The van der Waals surface area contributed by atoms with Gasteiger partial charge in [0.15, 0.2) is 0 Å². The van der Waals surface area contributed by atoms with E-state index in [0.29, 0.717) is 11.3 Å². The highest BCUT2D eigenvalue weighted by molar-refractivity contribution is 7.99. The van der Waals surface area contributed by atoms with Crippen molar-refractivity contribution in [1.29, 1.82) is 0 Å². The minimum absolute atomic E-state index is 0.333. The summed E-state index contributed by atoms with van der Waals surface area (Å²) in [5.74, 6) is 1.87. The predicted molar refractivity (Wildman–Crippen MR) is 88.2 cm³/mol. The third kappa shape index (κ3) is 4.02. The SMILES string of the molecule is C[C@H]1COCCN1c1cc(CSC2CCCC2)nc(Cl)n1. The molecule has 0 aromatic carbocycles. The van der Waals surface area contributed by atoms with Crippen LogP contribution < -0.4 is 4.90 Å². The van der Waals surface area contributed by atoms with Gasteiger partial charge in [0.05, 0.1) is 24.9 Å². The summed E-state index contributed by atoms with van der Waals surface area (Å²) in [7, 11) is 0. The van der Waals surface area contributed by atoms with Crippen LogP contribution >= 0.6 is 23.4 Å². The van der Waals surface area contributed by atoms with Gasteiger partial charge in [-0.3, -0.25) is 0 Å². The second kappa shape index (κ2) is 7.16. The number of thioether (sulfide) groups is 1. The average molecular weight is 328 g/mol. The molecule has 0 N–H and O–H groups in total. The fourth-order valence-corrected chi connectivity index (χ4v) is 4.41. The van der Waals surface area contributed by atoms with Gasteiger partial charge in [-0.25, -0.2) is 9.97 Å². The highest BCUT2D eigenvalue weighted by Gasteiger charge is 2.22. The van der Waals surface area contributed by atoms with Crippen molar-refractivity contribution < 1.29 is 4.74 Å². The van der Waals surface area contributed by atoms with E-state index in [2.05, 4.69) is 27.9 Å². The average Bonchev–Trinajstić information content (AvgIpc) is 2.98. The van der Waals surface area contributed by atoms with Crippen LogP contribution in [-0.4, -0.2) is 41.0 Å². The molecule has 0 unspecified atom stereocenters. The number of ether oxygens (including phenoxy) is 1. The Morgan fingerprint density at radius 2 is 2.19 bits per heavy atom. The number of nitrogens with zero attached hydrogens (tertiary/aromatic N) is 3. The summed E-state index contributed by atoms with van der Waals surface area (Å²) in [6, 6.07) is 2.43. The number of aromatic nitrogens is 2. The molecule has 116 valence electrons. The maximum Gasteiger partial charge on any atom is 0.224 e. The van der Waals surface area contributed by atoms with Crippen molar-refractivity contribution in [2.45, 2.75) is 49.7 Å². The Bertz CT molecular complexity index is 482. The van der Waals surface area contributed by atoms with Crippen LogP contribution in [0.5, 0.6) is 0 Å². The van der Waals surface area contributed by atoms with E-state index >= 15 is 0 Å². The molecule has 1 aliphatic heterocycles. The lowest BCUT2D eigenvalue weighted by Crippen LogP contribution is -2.44. The van der Waals surface area contributed by atoms with Crippen molar-refractivity contribution in [1.82, 2.24) is 9.97 Å². The smallest absolute Gasteiger partial charge is 0.224 e. The Labute approximate surface area is 135 Å². The molecule has 4 nitrogen and oxygen atoms in total. The molecular formula is C15H22ClN3OS. The Morgan fingerprint density at radius 1 is 1.38 bits per heavy atom. The molecule has 21 heavy (non-hydrogen) atoms. The van der Waals surface area contributed by atoms with E-state index in [0.717, 1.165) is 42.3 Å². The van der Waals surface area contributed by atoms with E-state index in [-0.39, 0.29) is 0 Å². The van der Waals surface area contributed by atoms with Crippen LogP contribution in [0.2, 0.25) is 5.28 Å². The van der Waals surface area contributed by atoms with Crippen LogP contribution in [0.4, 0.5) is 5.82 Å². The second-order valence-electron chi connectivity index (χ2n) is 5.82. The van der Waals surface area contributed by atoms with Crippen LogP contribution in [0, 0.1) is 0 Å². The maximum atomic E-state index is 6.12. The van der Waals surface area contributed by atoms with Crippen molar-refractivity contribution in [3.05, 3.63) is 17.0 Å². The molecule has 1 saturated heterocycles. The first-order valence-corrected chi connectivity index (χ1v) is 9.14. The molecule has 1 aliphatic carbocycles. The highest BCUT2D eigenvalue weighted by Crippen LogP contribution is 2.32. The second-order valence-corrected chi connectivity index (χ2v) is 7.45. The zero-order chi connectivity index (χ0) is 14.7. The Morgan fingerprint density at radius 3 is 2.95 bits per heavy atom. The maximum absolute atomic E-state index is 6.12. The zero-order valence-electron chi connectivity index (χ0n) is 12.4. The van der Waals surface area contributed by atoms with Crippen LogP contribution in [0.1, 0.15) is 38.3 Å². The lowest BCUT2D eigenvalue weighted by Gasteiger charge is -2.34. The van der Waals surface area contributed by atoms with Gasteiger partial charge in [-0.2, -0.15) is 11.8 Å². The number of rotatable bonds is 4.